The number of aryl methyl sites for hydroxylation is 1. The van der Waals surface area contributed by atoms with Crippen molar-refractivity contribution < 1.29 is 9.59 Å². The van der Waals surface area contributed by atoms with Gasteiger partial charge in [0.25, 0.3) is 5.91 Å². The molecule has 4 rings (SSSR count). The zero-order valence-electron chi connectivity index (χ0n) is 17.2. The molecule has 0 unspecified atom stereocenters. The number of nitrogens with zero attached hydrogens (tertiary/aromatic N) is 4. The molecule has 1 aliphatic heterocycles. The second kappa shape index (κ2) is 8.37. The van der Waals surface area contributed by atoms with Gasteiger partial charge in [0.05, 0.1) is 17.7 Å². The van der Waals surface area contributed by atoms with E-state index in [1.54, 1.807) is 0 Å². The molecule has 0 radical (unpaired) electrons. The topological polar surface area (TPSA) is 70.5 Å². The Bertz CT molecular complexity index is 877. The summed E-state index contributed by atoms with van der Waals surface area (Å²) in [5.74, 6) is 0.468. The van der Waals surface area contributed by atoms with Crippen LogP contribution in [0.5, 0.6) is 0 Å². The van der Waals surface area contributed by atoms with Gasteiger partial charge in [-0.1, -0.05) is 12.1 Å². The summed E-state index contributed by atoms with van der Waals surface area (Å²) in [6, 6.07) is 7.57. The molecule has 1 aromatic carbocycles. The maximum Gasteiger partial charge on any atom is 0.259 e. The predicted octanol–water partition coefficient (Wildman–Crippen LogP) is 2.35. The van der Waals surface area contributed by atoms with Crippen LogP contribution in [0.25, 0.3) is 0 Å². The Labute approximate surface area is 171 Å². The minimum absolute atomic E-state index is 0.118. The molecule has 1 N–H and O–H groups in total. The first-order valence-corrected chi connectivity index (χ1v) is 10.5. The predicted molar refractivity (Wildman–Crippen MR) is 112 cm³/mol. The van der Waals surface area contributed by atoms with Crippen molar-refractivity contribution >= 4 is 17.5 Å². The Morgan fingerprint density at radius 2 is 1.79 bits per heavy atom. The monoisotopic (exact) mass is 395 g/mol. The zero-order chi connectivity index (χ0) is 20.4. The van der Waals surface area contributed by atoms with Crippen LogP contribution >= 0.6 is 0 Å². The van der Waals surface area contributed by atoms with E-state index in [9.17, 15) is 9.59 Å². The molecule has 2 amide bonds. The molecule has 1 saturated heterocycles. The van der Waals surface area contributed by atoms with Crippen LogP contribution in [0.3, 0.4) is 0 Å². The van der Waals surface area contributed by atoms with Crippen molar-refractivity contribution in [2.24, 2.45) is 0 Å². The number of hydrogen-bond acceptors (Lipinski definition) is 4. The summed E-state index contributed by atoms with van der Waals surface area (Å²) in [4.78, 5) is 29.4. The fraction of sp³-hybridized carbons (Fsp3) is 0.500. The first-order valence-electron chi connectivity index (χ1n) is 10.5. The quantitative estimate of drug-likeness (QED) is 0.815. The number of aromatic nitrogens is 2. The fourth-order valence-corrected chi connectivity index (χ4v) is 3.68. The smallest absolute Gasteiger partial charge is 0.259 e. The third kappa shape index (κ3) is 4.67. The van der Waals surface area contributed by atoms with Crippen molar-refractivity contribution in [1.29, 1.82) is 0 Å². The van der Waals surface area contributed by atoms with Crippen LogP contribution in [0.15, 0.2) is 30.5 Å². The molecular weight excluding hydrogens is 366 g/mol. The lowest BCUT2D eigenvalue weighted by Crippen LogP contribution is -2.47. The zero-order valence-corrected chi connectivity index (χ0v) is 17.2. The van der Waals surface area contributed by atoms with Crippen molar-refractivity contribution in [3.05, 3.63) is 47.3 Å². The second-order valence-electron chi connectivity index (χ2n) is 8.07. The van der Waals surface area contributed by atoms with Crippen molar-refractivity contribution in [2.45, 2.75) is 38.6 Å². The van der Waals surface area contributed by atoms with Gasteiger partial charge in [0.2, 0.25) is 5.91 Å². The molecule has 7 nitrogen and oxygen atoms in total. The summed E-state index contributed by atoms with van der Waals surface area (Å²) in [6.07, 6.45) is 4.45. The number of amides is 2. The highest BCUT2D eigenvalue weighted by atomic mass is 16.2. The normalized spacial score (nSPS) is 17.4. The maximum atomic E-state index is 12.8. The molecule has 2 aliphatic rings. The molecule has 2 heterocycles. The summed E-state index contributed by atoms with van der Waals surface area (Å²) in [7, 11) is 2.08. The molecule has 29 heavy (non-hydrogen) atoms. The highest BCUT2D eigenvalue weighted by Gasteiger charge is 2.31. The van der Waals surface area contributed by atoms with Gasteiger partial charge in [-0.2, -0.15) is 5.10 Å². The van der Waals surface area contributed by atoms with E-state index in [0.717, 1.165) is 62.5 Å². The van der Waals surface area contributed by atoms with Crippen molar-refractivity contribution in [1.82, 2.24) is 19.6 Å². The Morgan fingerprint density at radius 1 is 1.10 bits per heavy atom. The summed E-state index contributed by atoms with van der Waals surface area (Å²) in [6.45, 7) is 6.20. The Kier molecular flexibility index (Phi) is 5.67. The summed E-state index contributed by atoms with van der Waals surface area (Å²) in [5, 5.41) is 7.53. The molecule has 0 atom stereocenters. The number of anilines is 1. The number of nitrogens with one attached hydrogen (secondary N) is 1. The van der Waals surface area contributed by atoms with E-state index >= 15 is 0 Å². The van der Waals surface area contributed by atoms with Gasteiger partial charge < -0.3 is 15.1 Å². The number of hydrogen-bond donors (Lipinski definition) is 1. The summed E-state index contributed by atoms with van der Waals surface area (Å²) in [5.41, 5.74) is 3.28. The van der Waals surface area contributed by atoms with Crippen molar-refractivity contribution in [3.8, 4) is 0 Å². The largest absolute Gasteiger partial charge is 0.340 e. The Morgan fingerprint density at radius 3 is 2.41 bits per heavy atom. The van der Waals surface area contributed by atoms with Gasteiger partial charge in [-0.3, -0.25) is 14.3 Å². The van der Waals surface area contributed by atoms with Gasteiger partial charge in [0.1, 0.15) is 0 Å². The minimum Gasteiger partial charge on any atom is -0.340 e. The third-order valence-corrected chi connectivity index (χ3v) is 5.75. The first-order chi connectivity index (χ1) is 14.0. The fourth-order valence-electron chi connectivity index (χ4n) is 3.68. The van der Waals surface area contributed by atoms with Gasteiger partial charge >= 0.3 is 0 Å². The standard InChI is InChI=1S/C22H29N5O2/c1-3-27-15-19(21(24-27)17-6-7-17)22(29)23-18-8-4-16(5-9-18)14-20(28)26-12-10-25(2)11-13-26/h4-5,8-9,15,17H,3,6-7,10-14H2,1-2H3,(H,23,29). The summed E-state index contributed by atoms with van der Waals surface area (Å²) >= 11 is 0. The van der Waals surface area contributed by atoms with Crippen LogP contribution in [0, 0.1) is 0 Å². The number of carbonyl (C=O) groups excluding carboxylic acids is 2. The number of benzene rings is 1. The molecule has 2 aromatic rings. The lowest BCUT2D eigenvalue weighted by atomic mass is 10.1. The van der Waals surface area contributed by atoms with E-state index in [2.05, 4.69) is 22.4 Å². The van der Waals surface area contributed by atoms with Gasteiger partial charge in [0.15, 0.2) is 0 Å². The van der Waals surface area contributed by atoms with Crippen LogP contribution in [-0.2, 0) is 17.8 Å². The molecular formula is C22H29N5O2. The first kappa shape index (κ1) is 19.6. The van der Waals surface area contributed by atoms with Crippen LogP contribution in [0.4, 0.5) is 5.69 Å². The number of carbonyl (C=O) groups is 2. The average Bonchev–Trinajstić information content (AvgIpc) is 3.48. The van der Waals surface area contributed by atoms with Gasteiger partial charge in [0, 0.05) is 50.5 Å². The molecule has 1 aliphatic carbocycles. The molecule has 1 saturated carbocycles. The lowest BCUT2D eigenvalue weighted by molar-refractivity contribution is -0.132. The minimum atomic E-state index is -0.118. The maximum absolute atomic E-state index is 12.8. The Hall–Kier alpha value is -2.67. The van der Waals surface area contributed by atoms with Gasteiger partial charge in [-0.05, 0) is 44.5 Å². The van der Waals surface area contributed by atoms with Crippen molar-refractivity contribution in [3.63, 3.8) is 0 Å². The highest BCUT2D eigenvalue weighted by Crippen LogP contribution is 2.40. The average molecular weight is 396 g/mol. The SMILES string of the molecule is CCn1cc(C(=O)Nc2ccc(CC(=O)N3CCN(C)CC3)cc2)c(C2CC2)n1. The number of piperazine rings is 1. The highest BCUT2D eigenvalue weighted by molar-refractivity contribution is 6.05. The van der Waals surface area contributed by atoms with Gasteiger partial charge in [-0.25, -0.2) is 0 Å². The van der Waals surface area contributed by atoms with Crippen LogP contribution in [0.2, 0.25) is 0 Å². The van der Waals surface area contributed by atoms with E-state index in [-0.39, 0.29) is 11.8 Å². The lowest BCUT2D eigenvalue weighted by Gasteiger charge is -2.32. The van der Waals surface area contributed by atoms with Crippen LogP contribution in [0.1, 0.15) is 47.3 Å². The third-order valence-electron chi connectivity index (χ3n) is 5.75. The van der Waals surface area contributed by atoms with Crippen molar-refractivity contribution in [2.75, 3.05) is 38.5 Å². The Balaban J connectivity index is 1.36. The summed E-state index contributed by atoms with van der Waals surface area (Å²) < 4.78 is 1.83. The molecule has 0 bridgehead atoms. The van der Waals surface area contributed by atoms with E-state index in [1.165, 1.54) is 0 Å². The van der Waals surface area contributed by atoms with Crippen LogP contribution < -0.4 is 5.32 Å². The van der Waals surface area contributed by atoms with Crippen LogP contribution in [-0.4, -0.2) is 64.6 Å². The molecule has 154 valence electrons. The van der Waals surface area contributed by atoms with E-state index < -0.39 is 0 Å². The molecule has 1 aromatic heterocycles. The second-order valence-corrected chi connectivity index (χ2v) is 8.07. The van der Waals surface area contributed by atoms with E-state index in [1.807, 2.05) is 47.0 Å². The number of rotatable bonds is 6. The molecule has 7 heteroatoms. The molecule has 2 fully saturated rings. The van der Waals surface area contributed by atoms with E-state index in [0.29, 0.717) is 17.9 Å². The number of likely N-dealkylation sites (N-methyl/N-ethyl adjacent to an activating group) is 1. The molecule has 0 spiro atoms. The van der Waals surface area contributed by atoms with E-state index in [4.69, 9.17) is 0 Å². The van der Waals surface area contributed by atoms with Gasteiger partial charge in [-0.15, -0.1) is 0 Å².